The normalized spacial score (nSPS) is 18.5. The molecule has 4 aromatic rings. The van der Waals surface area contributed by atoms with Crippen LogP contribution in [0, 0.1) is 5.92 Å². The average molecular weight is 579 g/mol. The second-order valence-corrected chi connectivity index (χ2v) is 11.4. The Kier molecular flexibility index (Phi) is 8.34. The number of thiophene rings is 1. The zero-order valence-electron chi connectivity index (χ0n) is 23.6. The van der Waals surface area contributed by atoms with Crippen molar-refractivity contribution in [1.82, 2.24) is 25.3 Å². The molecule has 0 aliphatic carbocycles. The van der Waals surface area contributed by atoms with E-state index in [1.54, 1.807) is 36.1 Å². The number of aromatic nitrogens is 4. The maximum atomic E-state index is 12.8. The second kappa shape index (κ2) is 12.6. The van der Waals surface area contributed by atoms with Crippen LogP contribution in [0.2, 0.25) is 0 Å². The Bertz CT molecular complexity index is 1710. The summed E-state index contributed by atoms with van der Waals surface area (Å²) in [5.41, 5.74) is 13.9. The molecule has 0 saturated carbocycles. The van der Waals surface area contributed by atoms with Crippen molar-refractivity contribution in [2.24, 2.45) is 16.6 Å². The van der Waals surface area contributed by atoms with Gasteiger partial charge in [0.1, 0.15) is 16.9 Å². The van der Waals surface area contributed by atoms with Crippen LogP contribution in [0.3, 0.4) is 0 Å². The minimum absolute atomic E-state index is 0.0108. The van der Waals surface area contributed by atoms with Gasteiger partial charge in [0.15, 0.2) is 5.82 Å². The smallest absolute Gasteiger partial charge is 0.224 e. The van der Waals surface area contributed by atoms with Gasteiger partial charge in [-0.15, -0.1) is 11.3 Å². The number of nitrogens with one attached hydrogen (secondary N) is 3. The zero-order valence-corrected chi connectivity index (χ0v) is 24.4. The van der Waals surface area contributed by atoms with Crippen molar-refractivity contribution in [1.29, 1.82) is 0 Å². The largest absolute Gasteiger partial charge is 0.404 e. The molecule has 42 heavy (non-hydrogen) atoms. The molecule has 6 rings (SSSR count). The van der Waals surface area contributed by atoms with Crippen LogP contribution in [0.1, 0.15) is 44.0 Å². The number of nitrogens with two attached hydrogens (primary N) is 1. The highest BCUT2D eigenvalue weighted by Crippen LogP contribution is 2.32. The number of pyridine rings is 2. The van der Waals surface area contributed by atoms with Gasteiger partial charge in [-0.05, 0) is 86.0 Å². The van der Waals surface area contributed by atoms with Crippen molar-refractivity contribution in [3.05, 3.63) is 89.1 Å². The van der Waals surface area contributed by atoms with E-state index in [9.17, 15) is 4.79 Å². The number of amides is 1. The highest BCUT2D eigenvalue weighted by atomic mass is 32.1. The van der Waals surface area contributed by atoms with Crippen LogP contribution in [-0.2, 0) is 4.79 Å². The predicted octanol–water partition coefficient (Wildman–Crippen LogP) is 5.47. The minimum atomic E-state index is 0.0108. The van der Waals surface area contributed by atoms with E-state index in [1.165, 1.54) is 0 Å². The maximum Gasteiger partial charge on any atom is 0.224 e. The number of hydrogen-bond acceptors (Lipinski definition) is 8. The molecule has 214 valence electrons. The summed E-state index contributed by atoms with van der Waals surface area (Å²) in [5.74, 6) is 1.11. The third kappa shape index (κ3) is 5.95. The van der Waals surface area contributed by atoms with Crippen LogP contribution in [0.5, 0.6) is 0 Å². The second-order valence-electron chi connectivity index (χ2n) is 10.5. The number of fused-ring (bicyclic) bond motifs is 1. The molecule has 6 heterocycles. The van der Waals surface area contributed by atoms with E-state index >= 15 is 0 Å². The minimum Gasteiger partial charge on any atom is -0.404 e. The lowest BCUT2D eigenvalue weighted by molar-refractivity contribution is -0.117. The molecule has 1 saturated heterocycles. The number of rotatable bonds is 7. The molecular weight excluding hydrogens is 544 g/mol. The van der Waals surface area contributed by atoms with Crippen molar-refractivity contribution in [2.75, 3.05) is 25.0 Å². The Balaban J connectivity index is 1.30. The maximum absolute atomic E-state index is 12.8. The van der Waals surface area contributed by atoms with Gasteiger partial charge in [0.25, 0.3) is 0 Å². The first-order valence-electron chi connectivity index (χ1n) is 14.3. The Morgan fingerprint density at radius 3 is 2.90 bits per heavy atom. The molecule has 0 atom stereocenters. The Morgan fingerprint density at radius 1 is 1.24 bits per heavy atom. The van der Waals surface area contributed by atoms with Crippen molar-refractivity contribution in [3.8, 4) is 10.6 Å². The van der Waals surface area contributed by atoms with Crippen molar-refractivity contribution >= 4 is 45.2 Å². The molecule has 2 aliphatic rings. The number of anilines is 1. The first-order chi connectivity index (χ1) is 20.6. The van der Waals surface area contributed by atoms with Crippen LogP contribution in [0.25, 0.3) is 27.2 Å². The molecule has 0 radical (unpaired) electrons. The van der Waals surface area contributed by atoms with Crippen LogP contribution >= 0.6 is 11.3 Å². The van der Waals surface area contributed by atoms with Gasteiger partial charge in [-0.1, -0.05) is 12.1 Å². The van der Waals surface area contributed by atoms with Gasteiger partial charge in [-0.25, -0.2) is 4.98 Å². The fourth-order valence-electron chi connectivity index (χ4n) is 5.57. The lowest BCUT2D eigenvalue weighted by atomic mass is 9.91. The third-order valence-electron chi connectivity index (χ3n) is 7.75. The number of allylic oxidation sites excluding steroid dienone is 4. The number of nitrogens with zero attached hydrogens (tertiary/aromatic N) is 4. The van der Waals surface area contributed by atoms with Crippen LogP contribution < -0.4 is 16.4 Å². The fraction of sp³-hybridized carbons (Fsp3) is 0.281. The number of H-pyrrole nitrogens is 1. The average Bonchev–Trinajstić information content (AvgIpc) is 3.71. The fourth-order valence-corrected chi connectivity index (χ4v) is 6.30. The van der Waals surface area contributed by atoms with E-state index in [4.69, 9.17) is 15.7 Å². The summed E-state index contributed by atoms with van der Waals surface area (Å²) in [5, 5.41) is 8.42. The van der Waals surface area contributed by atoms with Gasteiger partial charge in [-0.3, -0.25) is 19.8 Å². The summed E-state index contributed by atoms with van der Waals surface area (Å²) in [4.78, 5) is 36.2. The summed E-state index contributed by atoms with van der Waals surface area (Å²) in [7, 11) is 0. The summed E-state index contributed by atoms with van der Waals surface area (Å²) < 4.78 is 0. The Labute approximate surface area is 248 Å². The van der Waals surface area contributed by atoms with Gasteiger partial charge in [0.2, 0.25) is 5.91 Å². The van der Waals surface area contributed by atoms with Gasteiger partial charge in [-0.2, -0.15) is 0 Å². The lowest BCUT2D eigenvalue weighted by Crippen LogP contribution is -2.30. The van der Waals surface area contributed by atoms with Gasteiger partial charge >= 0.3 is 0 Å². The molecule has 2 aliphatic heterocycles. The van der Waals surface area contributed by atoms with Crippen LogP contribution in [0.4, 0.5) is 5.69 Å². The van der Waals surface area contributed by atoms with E-state index in [0.29, 0.717) is 30.4 Å². The van der Waals surface area contributed by atoms with Gasteiger partial charge < -0.3 is 21.4 Å². The summed E-state index contributed by atoms with van der Waals surface area (Å²) in [6.45, 7) is 4.64. The molecule has 0 unspecified atom stereocenters. The monoisotopic (exact) mass is 578 g/mol. The topological polar surface area (TPSA) is 134 Å². The molecule has 9 nitrogen and oxygen atoms in total. The van der Waals surface area contributed by atoms with E-state index < -0.39 is 0 Å². The molecule has 10 heteroatoms. The van der Waals surface area contributed by atoms with Crippen LogP contribution in [-0.4, -0.2) is 51.2 Å². The molecule has 0 spiro atoms. The molecule has 5 N–H and O–H groups in total. The number of aromatic amines is 1. The van der Waals surface area contributed by atoms with Crippen molar-refractivity contribution in [2.45, 2.75) is 32.6 Å². The number of carbonyl (C=O) groups is 1. The molecule has 1 fully saturated rings. The highest BCUT2D eigenvalue weighted by Gasteiger charge is 2.23. The number of aliphatic imine (C=N–C) groups is 1. The van der Waals surface area contributed by atoms with Crippen LogP contribution in [0.15, 0.2) is 82.7 Å². The number of carbonyl (C=O) groups excluding carboxylic acids is 1. The number of imidazole rings is 1. The summed E-state index contributed by atoms with van der Waals surface area (Å²) in [6, 6.07) is 7.92. The van der Waals surface area contributed by atoms with E-state index in [2.05, 4.69) is 37.7 Å². The van der Waals surface area contributed by atoms with Gasteiger partial charge in [0, 0.05) is 42.7 Å². The molecule has 1 amide bonds. The number of piperidine rings is 1. The molecule has 4 aromatic heterocycles. The van der Waals surface area contributed by atoms with E-state index in [1.807, 2.05) is 36.6 Å². The Morgan fingerprint density at radius 2 is 2.12 bits per heavy atom. The standard InChI is InChI=1S/C32H34N8OS/c1-2-21-7-11-36-29(32-39-26-8-12-37-31(30(26)40-32)27-4-3-13-42-27)25(21)16-22(17-33)23-15-24(19-35-18-23)38-28(41)14-20-5-9-34-10-6-20/h2-4,8,12-13,15-20,34H,5-7,9-11,14,33H2,1H3,(H,38,41)(H,39,40)/b21-2+,22-17+,25-16+. The molecule has 0 aromatic carbocycles. The van der Waals surface area contributed by atoms with E-state index in [0.717, 1.165) is 82.0 Å². The van der Waals surface area contributed by atoms with Crippen molar-refractivity contribution < 1.29 is 4.79 Å². The summed E-state index contributed by atoms with van der Waals surface area (Å²) in [6.07, 6.45) is 14.3. The molecular formula is C32H34N8OS. The predicted molar refractivity (Wildman–Crippen MR) is 170 cm³/mol. The third-order valence-corrected chi connectivity index (χ3v) is 8.62. The Hall–Kier alpha value is -4.41. The first kappa shape index (κ1) is 27.7. The molecule has 0 bridgehead atoms. The lowest BCUT2D eigenvalue weighted by Gasteiger charge is -2.22. The van der Waals surface area contributed by atoms with E-state index in [-0.39, 0.29) is 5.91 Å². The number of hydrogen-bond donors (Lipinski definition) is 4. The van der Waals surface area contributed by atoms with Gasteiger partial charge in [0.05, 0.1) is 22.3 Å². The SMILES string of the molecule is C\C=C1/CCN=C(c2nc3c(-c4cccs4)nccc3[nH]2)/C1=C/C(=C\N)c1cncc(NC(=O)CC2CCNCC2)c1. The quantitative estimate of drug-likeness (QED) is 0.230. The van der Waals surface area contributed by atoms with Crippen molar-refractivity contribution in [3.63, 3.8) is 0 Å². The summed E-state index contributed by atoms with van der Waals surface area (Å²) >= 11 is 1.64. The highest BCUT2D eigenvalue weighted by molar-refractivity contribution is 7.13. The zero-order chi connectivity index (χ0) is 28.9. The first-order valence-corrected chi connectivity index (χ1v) is 15.2.